The minimum atomic E-state index is -0.982. The fraction of sp³-hybridized carbons (Fsp3) is 0.769. The normalized spacial score (nSPS) is 24.7. The lowest BCUT2D eigenvalue weighted by Crippen LogP contribution is -2.66. The Morgan fingerprint density at radius 2 is 2.00 bits per heavy atom. The van der Waals surface area contributed by atoms with Crippen molar-refractivity contribution in [1.29, 1.82) is 0 Å². The van der Waals surface area contributed by atoms with E-state index in [4.69, 9.17) is 5.73 Å². The van der Waals surface area contributed by atoms with Crippen LogP contribution in [0, 0.1) is 5.41 Å². The number of rotatable bonds is 3. The number of carbonyl (C=O) groups is 3. The fourth-order valence-corrected chi connectivity index (χ4v) is 2.73. The van der Waals surface area contributed by atoms with Crippen molar-refractivity contribution in [1.82, 2.24) is 10.2 Å². The minimum Gasteiger partial charge on any atom is -0.330 e. The van der Waals surface area contributed by atoms with Crippen LogP contribution in [-0.2, 0) is 14.4 Å². The summed E-state index contributed by atoms with van der Waals surface area (Å²) in [5.74, 6) is -1.00. The highest BCUT2D eigenvalue weighted by molar-refractivity contribution is 6.06. The Morgan fingerprint density at radius 1 is 1.37 bits per heavy atom. The molecule has 0 aromatic rings. The van der Waals surface area contributed by atoms with Crippen molar-refractivity contribution in [3.8, 4) is 0 Å². The summed E-state index contributed by atoms with van der Waals surface area (Å²) in [6.07, 6.45) is 3.31. The second kappa shape index (κ2) is 4.59. The van der Waals surface area contributed by atoms with E-state index in [2.05, 4.69) is 5.32 Å². The zero-order valence-electron chi connectivity index (χ0n) is 11.5. The third-order valence-corrected chi connectivity index (χ3v) is 4.46. The first kappa shape index (κ1) is 14.0. The molecule has 1 aliphatic heterocycles. The average Bonchev–Trinajstić information content (AvgIpc) is 2.28. The molecule has 1 heterocycles. The molecule has 3 amide bonds. The van der Waals surface area contributed by atoms with Crippen LogP contribution in [0.3, 0.4) is 0 Å². The summed E-state index contributed by atoms with van der Waals surface area (Å²) in [5.41, 5.74) is 4.65. The van der Waals surface area contributed by atoms with Crippen LogP contribution in [0.25, 0.3) is 0 Å². The Labute approximate surface area is 112 Å². The van der Waals surface area contributed by atoms with Gasteiger partial charge in [0.05, 0.1) is 0 Å². The summed E-state index contributed by atoms with van der Waals surface area (Å²) in [6.45, 7) is 3.73. The molecule has 2 aliphatic rings. The third kappa shape index (κ3) is 2.36. The van der Waals surface area contributed by atoms with Gasteiger partial charge in [0.15, 0.2) is 0 Å². The first-order valence-corrected chi connectivity index (χ1v) is 6.66. The zero-order chi connectivity index (χ0) is 14.3. The predicted molar refractivity (Wildman–Crippen MR) is 68.9 cm³/mol. The van der Waals surface area contributed by atoms with Crippen molar-refractivity contribution in [3.63, 3.8) is 0 Å². The van der Waals surface area contributed by atoms with E-state index in [9.17, 15) is 14.4 Å². The molecule has 0 atom stereocenters. The lowest BCUT2D eigenvalue weighted by molar-refractivity contribution is -0.157. The van der Waals surface area contributed by atoms with Gasteiger partial charge in [-0.15, -0.1) is 0 Å². The molecule has 1 saturated carbocycles. The Bertz CT molecular complexity index is 421. The molecular formula is C13H21N3O3. The molecule has 6 heteroatoms. The molecule has 19 heavy (non-hydrogen) atoms. The van der Waals surface area contributed by atoms with Gasteiger partial charge in [0.2, 0.25) is 11.8 Å². The quantitative estimate of drug-likeness (QED) is 0.691. The van der Waals surface area contributed by atoms with Crippen LogP contribution in [0.2, 0.25) is 0 Å². The molecule has 0 bridgehead atoms. The summed E-state index contributed by atoms with van der Waals surface area (Å²) in [7, 11) is 0. The molecule has 3 N–H and O–H groups in total. The van der Waals surface area contributed by atoms with Gasteiger partial charge in [-0.2, -0.15) is 0 Å². The number of carbonyl (C=O) groups excluding carboxylic acids is 3. The monoisotopic (exact) mass is 267 g/mol. The molecule has 106 valence electrons. The van der Waals surface area contributed by atoms with Gasteiger partial charge in [0.25, 0.3) is 5.91 Å². The van der Waals surface area contributed by atoms with Crippen LogP contribution < -0.4 is 11.1 Å². The Balaban J connectivity index is 2.12. The van der Waals surface area contributed by atoms with Crippen LogP contribution in [0.1, 0.15) is 39.5 Å². The molecule has 0 radical (unpaired) electrons. The number of hydrogen-bond donors (Lipinski definition) is 2. The first-order valence-electron chi connectivity index (χ1n) is 6.66. The van der Waals surface area contributed by atoms with Crippen molar-refractivity contribution in [2.75, 3.05) is 13.1 Å². The van der Waals surface area contributed by atoms with Gasteiger partial charge in [-0.1, -0.05) is 6.42 Å². The Kier molecular flexibility index (Phi) is 3.38. The standard InChI is InChI=1S/C13H21N3O3/c1-12(2)11(19)15-9(17)7-16(12)10(18)6-13(8-14)4-3-5-13/h3-8,14H2,1-2H3,(H,15,17,19). The Hall–Kier alpha value is -1.43. The summed E-state index contributed by atoms with van der Waals surface area (Å²) < 4.78 is 0. The van der Waals surface area contributed by atoms with Gasteiger partial charge in [-0.25, -0.2) is 0 Å². The molecule has 2 rings (SSSR count). The van der Waals surface area contributed by atoms with E-state index in [1.165, 1.54) is 4.90 Å². The van der Waals surface area contributed by atoms with E-state index < -0.39 is 17.4 Å². The summed E-state index contributed by atoms with van der Waals surface area (Å²) >= 11 is 0. The molecule has 6 nitrogen and oxygen atoms in total. The first-order chi connectivity index (χ1) is 8.81. The summed E-state index contributed by atoms with van der Waals surface area (Å²) in [6, 6.07) is 0. The highest BCUT2D eigenvalue weighted by atomic mass is 16.2. The lowest BCUT2D eigenvalue weighted by atomic mass is 9.66. The van der Waals surface area contributed by atoms with Crippen molar-refractivity contribution in [2.45, 2.75) is 45.1 Å². The number of nitrogens with one attached hydrogen (secondary N) is 1. The Morgan fingerprint density at radius 3 is 2.47 bits per heavy atom. The largest absolute Gasteiger partial charge is 0.330 e. The number of imide groups is 1. The maximum atomic E-state index is 12.4. The molecule has 0 aromatic heterocycles. The molecule has 0 unspecified atom stereocenters. The SMILES string of the molecule is CC1(C)C(=O)NC(=O)CN1C(=O)CC1(CN)CCC1. The van der Waals surface area contributed by atoms with Gasteiger partial charge < -0.3 is 10.6 Å². The predicted octanol–water partition coefficient (Wildman–Crippen LogP) is -0.231. The second-order valence-electron chi connectivity index (χ2n) is 6.15. The van der Waals surface area contributed by atoms with E-state index in [0.29, 0.717) is 13.0 Å². The van der Waals surface area contributed by atoms with Crippen LogP contribution in [0.15, 0.2) is 0 Å². The number of amides is 3. The van der Waals surface area contributed by atoms with Gasteiger partial charge >= 0.3 is 0 Å². The average molecular weight is 267 g/mol. The molecule has 2 fully saturated rings. The van der Waals surface area contributed by atoms with Crippen molar-refractivity contribution in [3.05, 3.63) is 0 Å². The second-order valence-corrected chi connectivity index (χ2v) is 6.15. The lowest BCUT2D eigenvalue weighted by Gasteiger charge is -2.45. The molecule has 0 spiro atoms. The maximum absolute atomic E-state index is 12.4. The van der Waals surface area contributed by atoms with Gasteiger partial charge in [0, 0.05) is 6.42 Å². The summed E-state index contributed by atoms with van der Waals surface area (Å²) in [4.78, 5) is 37.0. The van der Waals surface area contributed by atoms with E-state index >= 15 is 0 Å². The van der Waals surface area contributed by atoms with E-state index in [1.54, 1.807) is 13.8 Å². The van der Waals surface area contributed by atoms with Gasteiger partial charge in [-0.05, 0) is 38.6 Å². The number of nitrogens with two attached hydrogens (primary N) is 1. The zero-order valence-corrected chi connectivity index (χ0v) is 11.5. The molecule has 1 aliphatic carbocycles. The smallest absolute Gasteiger partial charge is 0.252 e. The third-order valence-electron chi connectivity index (χ3n) is 4.46. The molecular weight excluding hydrogens is 246 g/mol. The molecule has 1 saturated heterocycles. The van der Waals surface area contributed by atoms with E-state index in [0.717, 1.165) is 19.3 Å². The van der Waals surface area contributed by atoms with E-state index in [-0.39, 0.29) is 17.9 Å². The van der Waals surface area contributed by atoms with Crippen LogP contribution in [-0.4, -0.2) is 41.2 Å². The number of piperazine rings is 1. The highest BCUT2D eigenvalue weighted by Gasteiger charge is 2.46. The summed E-state index contributed by atoms with van der Waals surface area (Å²) in [5, 5.41) is 2.26. The number of nitrogens with zero attached hydrogens (tertiary/aromatic N) is 1. The van der Waals surface area contributed by atoms with Gasteiger partial charge in [0.1, 0.15) is 12.1 Å². The molecule has 0 aromatic carbocycles. The van der Waals surface area contributed by atoms with Crippen LogP contribution in [0.4, 0.5) is 0 Å². The fourth-order valence-electron chi connectivity index (χ4n) is 2.73. The van der Waals surface area contributed by atoms with Crippen LogP contribution >= 0.6 is 0 Å². The highest BCUT2D eigenvalue weighted by Crippen LogP contribution is 2.43. The van der Waals surface area contributed by atoms with E-state index in [1.807, 2.05) is 0 Å². The van der Waals surface area contributed by atoms with Crippen LogP contribution in [0.5, 0.6) is 0 Å². The number of hydrogen-bond acceptors (Lipinski definition) is 4. The van der Waals surface area contributed by atoms with Crippen molar-refractivity contribution >= 4 is 17.7 Å². The topological polar surface area (TPSA) is 92.5 Å². The minimum absolute atomic E-state index is 0.0573. The maximum Gasteiger partial charge on any atom is 0.252 e. The van der Waals surface area contributed by atoms with Crippen molar-refractivity contribution in [2.24, 2.45) is 11.1 Å². The van der Waals surface area contributed by atoms with Gasteiger partial charge in [-0.3, -0.25) is 19.7 Å². The van der Waals surface area contributed by atoms with Crippen molar-refractivity contribution < 1.29 is 14.4 Å².